The molecule has 5 nitrogen and oxygen atoms in total. The van der Waals surface area contributed by atoms with Gasteiger partial charge < -0.3 is 15.2 Å². The van der Waals surface area contributed by atoms with E-state index in [9.17, 15) is 14.3 Å². The highest BCUT2D eigenvalue weighted by Crippen LogP contribution is 2.39. The van der Waals surface area contributed by atoms with Gasteiger partial charge in [-0.2, -0.15) is 0 Å². The average Bonchev–Trinajstić information content (AvgIpc) is 2.63. The molecule has 0 aliphatic heterocycles. The molecule has 0 unspecified atom stereocenters. The lowest BCUT2D eigenvalue weighted by Crippen LogP contribution is -2.07. The number of hydrogen-bond acceptors (Lipinski definition) is 4. The molecule has 26 heavy (non-hydrogen) atoms. The van der Waals surface area contributed by atoms with Crippen molar-refractivity contribution >= 4 is 11.6 Å². The number of rotatable bonds is 4. The van der Waals surface area contributed by atoms with Crippen molar-refractivity contribution in [3.63, 3.8) is 0 Å². The monoisotopic (exact) mass is 352 g/mol. The van der Waals surface area contributed by atoms with E-state index in [1.807, 2.05) is 0 Å². The number of carbonyl (C=O) groups is 1. The van der Waals surface area contributed by atoms with Crippen LogP contribution in [0.15, 0.2) is 54.7 Å². The van der Waals surface area contributed by atoms with Crippen molar-refractivity contribution in [1.82, 2.24) is 4.98 Å². The van der Waals surface area contributed by atoms with Crippen LogP contribution in [-0.2, 0) is 4.79 Å². The van der Waals surface area contributed by atoms with E-state index in [4.69, 9.17) is 4.74 Å². The van der Waals surface area contributed by atoms with Crippen LogP contribution in [0.3, 0.4) is 0 Å². The number of carbonyl (C=O) groups excluding carboxylic acids is 1. The van der Waals surface area contributed by atoms with Gasteiger partial charge in [0.15, 0.2) is 0 Å². The first-order valence-corrected chi connectivity index (χ1v) is 7.89. The molecule has 0 bridgehead atoms. The van der Waals surface area contributed by atoms with Crippen LogP contribution in [0.1, 0.15) is 6.92 Å². The number of nitrogens with one attached hydrogen (secondary N) is 1. The highest BCUT2D eigenvalue weighted by molar-refractivity contribution is 5.89. The van der Waals surface area contributed by atoms with Gasteiger partial charge in [-0.15, -0.1) is 0 Å². The van der Waals surface area contributed by atoms with E-state index in [1.165, 1.54) is 26.2 Å². The minimum Gasteiger partial charge on any atom is -0.507 e. The van der Waals surface area contributed by atoms with Crippen molar-refractivity contribution in [2.45, 2.75) is 6.92 Å². The second-order valence-electron chi connectivity index (χ2n) is 5.66. The third-order valence-electron chi connectivity index (χ3n) is 3.88. The summed E-state index contributed by atoms with van der Waals surface area (Å²) in [7, 11) is 1.52. The van der Waals surface area contributed by atoms with Gasteiger partial charge in [-0.25, -0.2) is 9.37 Å². The number of pyridine rings is 1. The molecule has 0 saturated heterocycles. The Balaban J connectivity index is 2.04. The summed E-state index contributed by atoms with van der Waals surface area (Å²) in [5.74, 6) is -0.480. The summed E-state index contributed by atoms with van der Waals surface area (Å²) >= 11 is 0. The first-order chi connectivity index (χ1) is 12.5. The summed E-state index contributed by atoms with van der Waals surface area (Å²) in [5, 5.41) is 13.1. The molecule has 132 valence electrons. The molecule has 0 saturated carbocycles. The quantitative estimate of drug-likeness (QED) is 0.737. The first kappa shape index (κ1) is 17.4. The Labute approximate surface area is 150 Å². The first-order valence-electron chi connectivity index (χ1n) is 7.89. The van der Waals surface area contributed by atoms with Crippen LogP contribution in [-0.4, -0.2) is 23.1 Å². The molecule has 1 heterocycles. The molecule has 1 amide bonds. The van der Waals surface area contributed by atoms with Crippen LogP contribution in [0, 0.1) is 5.82 Å². The van der Waals surface area contributed by atoms with Gasteiger partial charge in [0.25, 0.3) is 0 Å². The van der Waals surface area contributed by atoms with Crippen molar-refractivity contribution in [3.05, 3.63) is 60.5 Å². The van der Waals surface area contributed by atoms with Gasteiger partial charge in [0.05, 0.1) is 12.8 Å². The fourth-order valence-electron chi connectivity index (χ4n) is 2.67. The van der Waals surface area contributed by atoms with Crippen LogP contribution in [0.25, 0.3) is 22.3 Å². The number of phenols is 1. The van der Waals surface area contributed by atoms with Gasteiger partial charge in [0, 0.05) is 30.3 Å². The minimum absolute atomic E-state index is 0.0208. The molecule has 3 rings (SSSR count). The van der Waals surface area contributed by atoms with Gasteiger partial charge in [-0.1, -0.05) is 24.3 Å². The van der Waals surface area contributed by atoms with Crippen LogP contribution in [0.4, 0.5) is 10.1 Å². The molecule has 0 fully saturated rings. The van der Waals surface area contributed by atoms with E-state index in [-0.39, 0.29) is 17.3 Å². The lowest BCUT2D eigenvalue weighted by Gasteiger charge is -2.12. The Bertz CT molecular complexity index is 973. The van der Waals surface area contributed by atoms with Gasteiger partial charge in [-0.3, -0.25) is 4.79 Å². The van der Waals surface area contributed by atoms with Crippen molar-refractivity contribution < 1.29 is 19.0 Å². The molecule has 0 aliphatic carbocycles. The number of phenolic OH excluding ortho intramolecular Hbond substituents is 1. The average molecular weight is 352 g/mol. The molecule has 0 spiro atoms. The van der Waals surface area contributed by atoms with Gasteiger partial charge in [-0.05, 0) is 29.3 Å². The molecule has 3 aromatic rings. The molecule has 0 atom stereocenters. The second-order valence-corrected chi connectivity index (χ2v) is 5.66. The Morgan fingerprint density at radius 2 is 1.81 bits per heavy atom. The van der Waals surface area contributed by atoms with E-state index in [0.717, 1.165) is 5.56 Å². The number of ether oxygens (including phenoxy) is 1. The van der Waals surface area contributed by atoms with E-state index in [2.05, 4.69) is 10.3 Å². The Hall–Kier alpha value is -3.41. The lowest BCUT2D eigenvalue weighted by molar-refractivity contribution is -0.114. The number of aromatic nitrogens is 1. The van der Waals surface area contributed by atoms with Gasteiger partial charge in [0.2, 0.25) is 11.8 Å². The predicted molar refractivity (Wildman–Crippen MR) is 97.6 cm³/mol. The van der Waals surface area contributed by atoms with E-state index in [0.29, 0.717) is 22.6 Å². The number of nitrogens with zero attached hydrogens (tertiary/aromatic N) is 1. The summed E-state index contributed by atoms with van der Waals surface area (Å²) in [4.78, 5) is 15.1. The number of para-hydroxylation sites is 1. The summed E-state index contributed by atoms with van der Waals surface area (Å²) in [6, 6.07) is 13.1. The second kappa shape index (κ2) is 7.23. The SMILES string of the molecule is COc1cc(-c2cccc(-c3ccc(NC(C)=O)c(F)c3)c2O)ccn1. The van der Waals surface area contributed by atoms with Crippen LogP contribution in [0.5, 0.6) is 11.6 Å². The maximum absolute atomic E-state index is 14.2. The molecule has 6 heteroatoms. The third-order valence-corrected chi connectivity index (χ3v) is 3.88. The van der Waals surface area contributed by atoms with Crippen LogP contribution in [0.2, 0.25) is 0 Å². The standard InChI is InChI=1S/C20H17FN2O3/c1-12(24)23-18-7-6-13(10-17(18)21)15-4-3-5-16(20(15)25)14-8-9-22-19(11-14)26-2/h3-11,25H,1-2H3,(H,23,24). The Morgan fingerprint density at radius 1 is 1.12 bits per heavy atom. The summed E-state index contributed by atoms with van der Waals surface area (Å²) in [6.07, 6.45) is 1.59. The number of hydrogen-bond donors (Lipinski definition) is 2. The number of methoxy groups -OCH3 is 1. The largest absolute Gasteiger partial charge is 0.507 e. The van der Waals surface area contributed by atoms with Crippen molar-refractivity contribution in [2.75, 3.05) is 12.4 Å². The highest BCUT2D eigenvalue weighted by Gasteiger charge is 2.13. The fraction of sp³-hybridized carbons (Fsp3) is 0.100. The third kappa shape index (κ3) is 3.49. The van der Waals surface area contributed by atoms with Crippen molar-refractivity contribution in [3.8, 4) is 33.9 Å². The maximum Gasteiger partial charge on any atom is 0.221 e. The molecule has 0 radical (unpaired) electrons. The van der Waals surface area contributed by atoms with Gasteiger partial charge in [0.1, 0.15) is 11.6 Å². The normalized spacial score (nSPS) is 10.4. The summed E-state index contributed by atoms with van der Waals surface area (Å²) < 4.78 is 19.3. The number of aromatic hydroxyl groups is 1. The number of anilines is 1. The topological polar surface area (TPSA) is 71.5 Å². The molecular weight excluding hydrogens is 335 g/mol. The number of benzene rings is 2. The predicted octanol–water partition coefficient (Wildman–Crippen LogP) is 4.23. The zero-order valence-electron chi connectivity index (χ0n) is 14.3. The Morgan fingerprint density at radius 3 is 2.42 bits per heavy atom. The smallest absolute Gasteiger partial charge is 0.221 e. The zero-order chi connectivity index (χ0) is 18.7. The molecule has 0 aliphatic rings. The van der Waals surface area contributed by atoms with Crippen LogP contribution >= 0.6 is 0 Å². The molecule has 1 aromatic heterocycles. The lowest BCUT2D eigenvalue weighted by atomic mass is 9.97. The molecule has 2 aromatic carbocycles. The van der Waals surface area contributed by atoms with Gasteiger partial charge >= 0.3 is 0 Å². The highest BCUT2D eigenvalue weighted by atomic mass is 19.1. The van der Waals surface area contributed by atoms with E-state index >= 15 is 0 Å². The number of halogens is 1. The minimum atomic E-state index is -0.576. The summed E-state index contributed by atoms with van der Waals surface area (Å²) in [5.41, 5.74) is 2.38. The van der Waals surface area contributed by atoms with Crippen molar-refractivity contribution in [1.29, 1.82) is 0 Å². The zero-order valence-corrected chi connectivity index (χ0v) is 14.3. The van der Waals surface area contributed by atoms with Crippen LogP contribution < -0.4 is 10.1 Å². The van der Waals surface area contributed by atoms with E-state index in [1.54, 1.807) is 42.6 Å². The Kier molecular flexibility index (Phi) is 4.84. The maximum atomic E-state index is 14.2. The fourth-order valence-corrected chi connectivity index (χ4v) is 2.67. The number of amides is 1. The van der Waals surface area contributed by atoms with E-state index < -0.39 is 5.82 Å². The molecular formula is C20H17FN2O3. The summed E-state index contributed by atoms with van der Waals surface area (Å²) in [6.45, 7) is 1.31. The van der Waals surface area contributed by atoms with Crippen molar-refractivity contribution in [2.24, 2.45) is 0 Å². The molecule has 2 N–H and O–H groups in total.